The van der Waals surface area contributed by atoms with Crippen LogP contribution in [0.25, 0.3) is 11.0 Å². The molecule has 0 spiro atoms. The highest BCUT2D eigenvalue weighted by molar-refractivity contribution is 9.10. The first-order valence-corrected chi connectivity index (χ1v) is 8.44. The number of furan rings is 1. The maximum atomic E-state index is 5.92. The smallest absolute Gasteiger partial charge is 0.134 e. The third-order valence-electron chi connectivity index (χ3n) is 3.23. The average molecular weight is 363 g/mol. The first-order chi connectivity index (χ1) is 10.3. The molecule has 0 aliphatic carbocycles. The Bertz CT molecular complexity index is 693. The summed E-state index contributed by atoms with van der Waals surface area (Å²) < 4.78 is 6.92. The lowest BCUT2D eigenvalue weighted by Gasteiger charge is -2.12. The van der Waals surface area contributed by atoms with Crippen LogP contribution < -0.4 is 5.32 Å². The van der Waals surface area contributed by atoms with Crippen LogP contribution in [0, 0.1) is 0 Å². The van der Waals surface area contributed by atoms with Crippen LogP contribution in [0.5, 0.6) is 0 Å². The molecule has 0 saturated heterocycles. The number of nitrogens with zero attached hydrogens (tertiary/aromatic N) is 1. The standard InChI is InChI=1S/C16H15BrN2OS/c1-18-13(10-21-16-7-6-12(17)9-19-16)15-8-11-4-2-3-5-14(11)20-15/h2-9,13,18H,10H2,1H3. The van der Waals surface area contributed by atoms with Crippen molar-refractivity contribution in [2.75, 3.05) is 12.8 Å². The summed E-state index contributed by atoms with van der Waals surface area (Å²) in [5.41, 5.74) is 0.930. The Kier molecular flexibility index (Phi) is 4.63. The normalized spacial score (nSPS) is 12.7. The quantitative estimate of drug-likeness (QED) is 0.670. The number of aromatic nitrogens is 1. The van der Waals surface area contributed by atoms with E-state index in [9.17, 15) is 0 Å². The molecule has 1 atom stereocenters. The van der Waals surface area contributed by atoms with E-state index in [-0.39, 0.29) is 6.04 Å². The second-order valence-corrected chi connectivity index (χ2v) is 6.61. The molecule has 3 aromatic rings. The third kappa shape index (κ3) is 3.48. The molecule has 0 aliphatic heterocycles. The maximum absolute atomic E-state index is 5.92. The van der Waals surface area contributed by atoms with Gasteiger partial charge in [-0.3, -0.25) is 0 Å². The molecule has 2 heterocycles. The third-order valence-corrected chi connectivity index (χ3v) is 4.74. The molecule has 0 fully saturated rings. The van der Waals surface area contributed by atoms with Gasteiger partial charge in [0, 0.05) is 21.8 Å². The predicted molar refractivity (Wildman–Crippen MR) is 90.7 cm³/mol. The molecule has 21 heavy (non-hydrogen) atoms. The Hall–Kier alpha value is -1.30. The van der Waals surface area contributed by atoms with Gasteiger partial charge >= 0.3 is 0 Å². The van der Waals surface area contributed by atoms with Crippen molar-refractivity contribution in [2.45, 2.75) is 11.1 Å². The van der Waals surface area contributed by atoms with Crippen molar-refractivity contribution in [3.8, 4) is 0 Å². The molecule has 0 radical (unpaired) electrons. The van der Waals surface area contributed by atoms with E-state index in [1.165, 1.54) is 0 Å². The average Bonchev–Trinajstić information content (AvgIpc) is 2.93. The number of pyridine rings is 1. The number of thioether (sulfide) groups is 1. The van der Waals surface area contributed by atoms with Crippen molar-refractivity contribution in [3.63, 3.8) is 0 Å². The van der Waals surface area contributed by atoms with E-state index in [2.05, 4.69) is 38.4 Å². The molecule has 3 rings (SSSR count). The topological polar surface area (TPSA) is 38.1 Å². The highest BCUT2D eigenvalue weighted by Gasteiger charge is 2.15. The Labute approximate surface area is 136 Å². The lowest BCUT2D eigenvalue weighted by atomic mass is 10.2. The zero-order chi connectivity index (χ0) is 14.7. The number of benzene rings is 1. The minimum absolute atomic E-state index is 0.160. The van der Waals surface area contributed by atoms with E-state index < -0.39 is 0 Å². The van der Waals surface area contributed by atoms with Gasteiger partial charge in [0.25, 0.3) is 0 Å². The maximum Gasteiger partial charge on any atom is 0.134 e. The van der Waals surface area contributed by atoms with E-state index in [0.717, 1.165) is 32.0 Å². The molecule has 0 amide bonds. The van der Waals surface area contributed by atoms with Crippen molar-refractivity contribution >= 4 is 38.7 Å². The number of para-hydroxylation sites is 1. The number of fused-ring (bicyclic) bond motifs is 1. The number of halogens is 1. The summed E-state index contributed by atoms with van der Waals surface area (Å²) in [6, 6.07) is 14.4. The summed E-state index contributed by atoms with van der Waals surface area (Å²) in [6.45, 7) is 0. The number of hydrogen-bond acceptors (Lipinski definition) is 4. The van der Waals surface area contributed by atoms with Crippen LogP contribution in [0.4, 0.5) is 0 Å². The number of rotatable bonds is 5. The summed E-state index contributed by atoms with van der Waals surface area (Å²) >= 11 is 5.11. The molecule has 108 valence electrons. The Morgan fingerprint density at radius 2 is 2.14 bits per heavy atom. The molecule has 5 heteroatoms. The second kappa shape index (κ2) is 6.64. The molecule has 1 aromatic carbocycles. The zero-order valence-electron chi connectivity index (χ0n) is 11.5. The largest absolute Gasteiger partial charge is 0.459 e. The molecular formula is C16H15BrN2OS. The van der Waals surface area contributed by atoms with Crippen molar-refractivity contribution in [1.29, 1.82) is 0 Å². The van der Waals surface area contributed by atoms with Crippen LogP contribution in [0.3, 0.4) is 0 Å². The predicted octanol–water partition coefficient (Wildman–Crippen LogP) is 4.64. The lowest BCUT2D eigenvalue weighted by molar-refractivity contribution is 0.479. The van der Waals surface area contributed by atoms with Gasteiger partial charge in [-0.2, -0.15) is 0 Å². The Morgan fingerprint density at radius 1 is 1.29 bits per heavy atom. The van der Waals surface area contributed by atoms with Gasteiger partial charge in [-0.25, -0.2) is 4.98 Å². The Morgan fingerprint density at radius 3 is 2.86 bits per heavy atom. The Balaban J connectivity index is 1.73. The fourth-order valence-electron chi connectivity index (χ4n) is 2.10. The minimum Gasteiger partial charge on any atom is -0.459 e. The highest BCUT2D eigenvalue weighted by Crippen LogP contribution is 2.28. The summed E-state index contributed by atoms with van der Waals surface area (Å²) in [7, 11) is 1.95. The van der Waals surface area contributed by atoms with Gasteiger partial charge in [0.2, 0.25) is 0 Å². The lowest BCUT2D eigenvalue weighted by Crippen LogP contribution is -2.18. The molecule has 1 unspecified atom stereocenters. The summed E-state index contributed by atoms with van der Waals surface area (Å²) in [4.78, 5) is 4.38. The molecule has 2 aromatic heterocycles. The van der Waals surface area contributed by atoms with Gasteiger partial charge in [-0.05, 0) is 47.2 Å². The van der Waals surface area contributed by atoms with Crippen molar-refractivity contribution < 1.29 is 4.42 Å². The van der Waals surface area contributed by atoms with Crippen molar-refractivity contribution in [3.05, 3.63) is 58.9 Å². The summed E-state index contributed by atoms with van der Waals surface area (Å²) in [6.07, 6.45) is 1.82. The molecule has 0 aliphatic rings. The van der Waals surface area contributed by atoms with Crippen LogP contribution in [0.1, 0.15) is 11.8 Å². The zero-order valence-corrected chi connectivity index (χ0v) is 13.9. The van der Waals surface area contributed by atoms with Gasteiger partial charge in [0.05, 0.1) is 11.1 Å². The molecular weight excluding hydrogens is 348 g/mol. The van der Waals surface area contributed by atoms with Gasteiger partial charge in [0.1, 0.15) is 11.3 Å². The molecule has 1 N–H and O–H groups in total. The SMILES string of the molecule is CNC(CSc1ccc(Br)cn1)c1cc2ccccc2o1. The van der Waals surface area contributed by atoms with Crippen molar-refractivity contribution in [1.82, 2.24) is 10.3 Å². The first-order valence-electron chi connectivity index (χ1n) is 6.66. The number of hydrogen-bond donors (Lipinski definition) is 1. The number of nitrogens with one attached hydrogen (secondary N) is 1. The molecule has 0 saturated carbocycles. The van der Waals surface area contributed by atoms with Gasteiger partial charge < -0.3 is 9.73 Å². The minimum atomic E-state index is 0.160. The second-order valence-electron chi connectivity index (χ2n) is 4.65. The highest BCUT2D eigenvalue weighted by atomic mass is 79.9. The molecule has 3 nitrogen and oxygen atoms in total. The van der Waals surface area contributed by atoms with Crippen LogP contribution in [-0.2, 0) is 0 Å². The summed E-state index contributed by atoms with van der Waals surface area (Å²) in [5, 5.41) is 5.46. The van der Waals surface area contributed by atoms with E-state index in [0.29, 0.717) is 0 Å². The monoisotopic (exact) mass is 362 g/mol. The van der Waals surface area contributed by atoms with E-state index in [1.807, 2.05) is 43.6 Å². The van der Waals surface area contributed by atoms with Crippen LogP contribution >= 0.6 is 27.7 Å². The first kappa shape index (κ1) is 14.6. The van der Waals surface area contributed by atoms with Crippen LogP contribution in [0.15, 0.2) is 62.6 Å². The van der Waals surface area contributed by atoms with Gasteiger partial charge in [-0.1, -0.05) is 18.2 Å². The fraction of sp³-hybridized carbons (Fsp3) is 0.188. The van der Waals surface area contributed by atoms with Crippen LogP contribution in [0.2, 0.25) is 0 Å². The summed E-state index contributed by atoms with van der Waals surface area (Å²) in [5.74, 6) is 1.83. The van der Waals surface area contributed by atoms with E-state index >= 15 is 0 Å². The van der Waals surface area contributed by atoms with Gasteiger partial charge in [0.15, 0.2) is 0 Å². The van der Waals surface area contributed by atoms with Gasteiger partial charge in [-0.15, -0.1) is 11.8 Å². The van der Waals surface area contributed by atoms with E-state index in [1.54, 1.807) is 11.8 Å². The fourth-order valence-corrected chi connectivity index (χ4v) is 3.29. The van der Waals surface area contributed by atoms with E-state index in [4.69, 9.17) is 4.42 Å². The van der Waals surface area contributed by atoms with Crippen LogP contribution in [-0.4, -0.2) is 17.8 Å². The molecule has 0 bridgehead atoms. The van der Waals surface area contributed by atoms with Crippen molar-refractivity contribution in [2.24, 2.45) is 0 Å².